The molecule has 9 heteroatoms. The standard InChI is InChI=1S/3C16H36N.3C2H4O2/c3*1-5-9-13-17(14-10-6-2,15-11-7-3)16-12-8-4;3*1-2(3)4/h3*5-16H2,1-4H3;3*1H3,(H,3,4)/q3*+1;;;/p-3. The number of hydrogen-bond acceptors (Lipinski definition) is 6. The number of unbranched alkanes of at least 4 members (excludes halogenated alkanes) is 12. The lowest BCUT2D eigenvalue weighted by Crippen LogP contribution is -2.50. The highest BCUT2D eigenvalue weighted by Gasteiger charge is 2.26. The maximum Gasteiger partial charge on any atom is 0.0786 e. The Morgan fingerprint density at radius 2 is 0.302 bits per heavy atom. The zero-order valence-corrected chi connectivity index (χ0v) is 45.7. The number of aliphatic carboxylic acids is 3. The minimum absolute atomic E-state index is 0.972. The molecule has 0 aliphatic carbocycles. The molecular formula is C54H117N3O6. The zero-order chi connectivity index (χ0) is 49.7. The van der Waals surface area contributed by atoms with Crippen LogP contribution in [0.2, 0.25) is 0 Å². The summed E-state index contributed by atoms with van der Waals surface area (Å²) in [5.74, 6) is -3.25. The summed E-state index contributed by atoms with van der Waals surface area (Å²) >= 11 is 0. The maximum absolute atomic E-state index is 8.89. The summed E-state index contributed by atoms with van der Waals surface area (Å²) < 4.78 is 4.26. The smallest absolute Gasteiger partial charge is 0.0786 e. The van der Waals surface area contributed by atoms with Gasteiger partial charge in [-0.05, 0) is 97.8 Å². The van der Waals surface area contributed by atoms with Gasteiger partial charge in [0, 0.05) is 17.9 Å². The largest absolute Gasteiger partial charge is 0.550 e. The van der Waals surface area contributed by atoms with Crippen LogP contribution in [0.25, 0.3) is 0 Å². The van der Waals surface area contributed by atoms with Gasteiger partial charge in [0.25, 0.3) is 0 Å². The number of quaternary nitrogens is 3. The van der Waals surface area contributed by atoms with E-state index in [1.807, 2.05) is 0 Å². The van der Waals surface area contributed by atoms with Crippen molar-refractivity contribution in [1.82, 2.24) is 0 Å². The van der Waals surface area contributed by atoms with Crippen LogP contribution in [-0.2, 0) is 14.4 Å². The third-order valence-corrected chi connectivity index (χ3v) is 11.8. The Bertz CT molecular complexity index is 677. The van der Waals surface area contributed by atoms with Crippen molar-refractivity contribution in [2.24, 2.45) is 0 Å². The SMILES string of the molecule is CC(=O)[O-].CC(=O)[O-].CC(=O)[O-].CCCC[N+](CCCC)(CCCC)CCCC.CCCC[N+](CCCC)(CCCC)CCCC.CCCC[N+](CCCC)(CCCC)CCCC. The lowest BCUT2D eigenvalue weighted by Gasteiger charge is -2.39. The van der Waals surface area contributed by atoms with Crippen molar-refractivity contribution in [3.05, 3.63) is 0 Å². The van der Waals surface area contributed by atoms with Crippen LogP contribution in [0.3, 0.4) is 0 Å². The van der Waals surface area contributed by atoms with E-state index in [1.165, 1.54) is 246 Å². The van der Waals surface area contributed by atoms with Crippen LogP contribution in [0.15, 0.2) is 0 Å². The Hall–Kier alpha value is -1.71. The van der Waals surface area contributed by atoms with E-state index in [-0.39, 0.29) is 0 Å². The van der Waals surface area contributed by atoms with Crippen molar-refractivity contribution in [2.45, 2.75) is 258 Å². The molecule has 0 rings (SSSR count). The normalized spacial score (nSPS) is 10.9. The molecule has 384 valence electrons. The molecule has 0 aromatic carbocycles. The van der Waals surface area contributed by atoms with Gasteiger partial charge in [0.15, 0.2) is 0 Å². The first-order chi connectivity index (χ1) is 29.9. The molecule has 0 amide bonds. The molecule has 0 saturated carbocycles. The molecule has 0 aromatic heterocycles. The summed E-state index contributed by atoms with van der Waals surface area (Å²) in [5.41, 5.74) is 0. The van der Waals surface area contributed by atoms with Gasteiger partial charge in [0.05, 0.1) is 78.5 Å². The first kappa shape index (κ1) is 72.9. The lowest BCUT2D eigenvalue weighted by molar-refractivity contribution is -0.929. The van der Waals surface area contributed by atoms with Gasteiger partial charge in [-0.2, -0.15) is 0 Å². The number of nitrogens with zero attached hydrogens (tertiary/aromatic N) is 3. The fourth-order valence-electron chi connectivity index (χ4n) is 7.93. The predicted octanol–water partition coefficient (Wildman–Crippen LogP) is 11.3. The van der Waals surface area contributed by atoms with Crippen LogP contribution in [-0.4, -0.2) is 110 Å². The zero-order valence-electron chi connectivity index (χ0n) is 45.7. The summed E-state index contributed by atoms with van der Waals surface area (Å²) in [4.78, 5) is 26.7. The maximum atomic E-state index is 8.89. The molecule has 0 heterocycles. The molecular weight excluding hydrogens is 787 g/mol. The average molecular weight is 905 g/mol. The van der Waals surface area contributed by atoms with Gasteiger partial charge < -0.3 is 43.2 Å². The minimum atomic E-state index is -1.08. The van der Waals surface area contributed by atoms with Crippen LogP contribution >= 0.6 is 0 Å². The fourth-order valence-corrected chi connectivity index (χ4v) is 7.93. The first-order valence-electron chi connectivity index (χ1n) is 27.0. The summed E-state index contributed by atoms with van der Waals surface area (Å²) in [7, 11) is 0. The van der Waals surface area contributed by atoms with E-state index in [9.17, 15) is 0 Å². The van der Waals surface area contributed by atoms with E-state index in [4.69, 9.17) is 29.7 Å². The number of hydrogen-bond donors (Lipinski definition) is 0. The van der Waals surface area contributed by atoms with E-state index in [0.29, 0.717) is 0 Å². The van der Waals surface area contributed by atoms with E-state index < -0.39 is 17.9 Å². The third kappa shape index (κ3) is 60.3. The lowest BCUT2D eigenvalue weighted by atomic mass is 10.1. The predicted molar refractivity (Wildman–Crippen MR) is 270 cm³/mol. The van der Waals surface area contributed by atoms with Crippen molar-refractivity contribution < 1.29 is 43.2 Å². The second kappa shape index (κ2) is 56.4. The topological polar surface area (TPSA) is 120 Å². The van der Waals surface area contributed by atoms with Crippen molar-refractivity contribution in [1.29, 1.82) is 0 Å². The summed E-state index contributed by atoms with van der Waals surface area (Å²) in [6.07, 6.45) is 33.2. The fraction of sp³-hybridized carbons (Fsp3) is 0.944. The molecule has 0 saturated heterocycles. The Morgan fingerprint density at radius 3 is 0.349 bits per heavy atom. The Kier molecular flexibility index (Phi) is 65.3. The van der Waals surface area contributed by atoms with E-state index in [2.05, 4.69) is 83.1 Å². The number of carbonyl (C=O) groups excluding carboxylic acids is 3. The Labute approximate surface area is 396 Å². The highest BCUT2D eigenvalue weighted by atomic mass is 16.4. The Balaban J connectivity index is -0.000000170. The van der Waals surface area contributed by atoms with Gasteiger partial charge in [-0.1, -0.05) is 160 Å². The molecule has 0 aliphatic heterocycles. The summed E-state index contributed by atoms with van der Waals surface area (Å²) in [6, 6.07) is 0. The average Bonchev–Trinajstić information content (AvgIpc) is 3.24. The van der Waals surface area contributed by atoms with Crippen molar-refractivity contribution in [3.63, 3.8) is 0 Å². The van der Waals surface area contributed by atoms with E-state index >= 15 is 0 Å². The quantitative estimate of drug-likeness (QED) is 0.0578. The summed E-state index contributed by atoms with van der Waals surface area (Å²) in [6.45, 7) is 48.0. The highest BCUT2D eigenvalue weighted by Crippen LogP contribution is 2.19. The van der Waals surface area contributed by atoms with Crippen LogP contribution in [0.5, 0.6) is 0 Å². The Morgan fingerprint density at radius 1 is 0.238 bits per heavy atom. The van der Waals surface area contributed by atoms with Gasteiger partial charge in [0.2, 0.25) is 0 Å². The molecule has 0 spiro atoms. The molecule has 0 aromatic rings. The molecule has 0 fully saturated rings. The van der Waals surface area contributed by atoms with Gasteiger partial charge >= 0.3 is 0 Å². The number of carboxylic acids is 3. The molecule has 63 heavy (non-hydrogen) atoms. The van der Waals surface area contributed by atoms with Crippen molar-refractivity contribution in [2.75, 3.05) is 78.5 Å². The molecule has 0 atom stereocenters. The molecule has 0 bridgehead atoms. The van der Waals surface area contributed by atoms with Gasteiger partial charge in [0.1, 0.15) is 0 Å². The highest BCUT2D eigenvalue weighted by molar-refractivity contribution is 5.60. The monoisotopic (exact) mass is 904 g/mol. The molecule has 9 nitrogen and oxygen atoms in total. The first-order valence-corrected chi connectivity index (χ1v) is 27.0. The third-order valence-electron chi connectivity index (χ3n) is 11.8. The molecule has 0 N–H and O–H groups in total. The van der Waals surface area contributed by atoms with Crippen LogP contribution in [0, 0.1) is 0 Å². The number of carbonyl (C=O) groups is 3. The second-order valence-electron chi connectivity index (χ2n) is 18.4. The minimum Gasteiger partial charge on any atom is -0.550 e. The molecule has 0 unspecified atom stereocenters. The van der Waals surface area contributed by atoms with Gasteiger partial charge in [-0.3, -0.25) is 0 Å². The molecule has 0 radical (unpaired) electrons. The number of rotatable bonds is 36. The van der Waals surface area contributed by atoms with E-state index in [0.717, 1.165) is 20.8 Å². The van der Waals surface area contributed by atoms with Crippen molar-refractivity contribution >= 4 is 17.9 Å². The second-order valence-corrected chi connectivity index (χ2v) is 18.4. The van der Waals surface area contributed by atoms with Gasteiger partial charge in [-0.15, -0.1) is 0 Å². The van der Waals surface area contributed by atoms with Gasteiger partial charge in [-0.25, -0.2) is 0 Å². The molecule has 0 aliphatic rings. The van der Waals surface area contributed by atoms with E-state index in [1.54, 1.807) is 0 Å². The van der Waals surface area contributed by atoms with Crippen molar-refractivity contribution in [3.8, 4) is 0 Å². The number of carboxylic acid groups (broad SMARTS) is 3. The van der Waals surface area contributed by atoms with Crippen LogP contribution < -0.4 is 15.3 Å². The van der Waals surface area contributed by atoms with Crippen LogP contribution in [0.1, 0.15) is 258 Å². The van der Waals surface area contributed by atoms with Crippen LogP contribution in [0.4, 0.5) is 0 Å². The summed E-state index contributed by atoms with van der Waals surface area (Å²) in [5, 5.41) is 26.7.